The predicted molar refractivity (Wildman–Crippen MR) is 103 cm³/mol. The number of amides is 1. The van der Waals surface area contributed by atoms with Gasteiger partial charge >= 0.3 is 6.09 Å². The summed E-state index contributed by atoms with van der Waals surface area (Å²) in [6.45, 7) is 11.6. The third-order valence-corrected chi connectivity index (χ3v) is 4.84. The molecule has 2 fully saturated rings. The molecule has 7 nitrogen and oxygen atoms in total. The minimum absolute atomic E-state index is 0.119. The average Bonchev–Trinajstić information content (AvgIpc) is 3.07. The van der Waals surface area contributed by atoms with Crippen LogP contribution in [0.25, 0.3) is 0 Å². The van der Waals surface area contributed by atoms with Crippen LogP contribution in [-0.2, 0) is 4.74 Å². The van der Waals surface area contributed by atoms with Gasteiger partial charge in [0.15, 0.2) is 0 Å². The summed E-state index contributed by atoms with van der Waals surface area (Å²) in [5.41, 5.74) is -0.484. The summed E-state index contributed by atoms with van der Waals surface area (Å²) in [7, 11) is 0. The number of carbonyl (C=O) groups is 1. The van der Waals surface area contributed by atoms with E-state index in [1.54, 1.807) is 4.90 Å². The lowest BCUT2D eigenvalue weighted by Crippen LogP contribution is -2.54. The highest BCUT2D eigenvalue weighted by molar-refractivity contribution is 6.28. The van der Waals surface area contributed by atoms with E-state index < -0.39 is 5.60 Å². The molecule has 1 amide bonds. The third kappa shape index (κ3) is 4.50. The first-order valence-electron chi connectivity index (χ1n) is 9.27. The second kappa shape index (κ2) is 7.47. The fourth-order valence-electron chi connectivity index (χ4n) is 3.44. The molecule has 1 aromatic heterocycles. The van der Waals surface area contributed by atoms with Gasteiger partial charge < -0.3 is 19.4 Å². The molecule has 8 heteroatoms. The van der Waals surface area contributed by atoms with Crippen molar-refractivity contribution in [3.05, 3.63) is 11.3 Å². The number of rotatable bonds is 2. The fourth-order valence-corrected chi connectivity index (χ4v) is 3.61. The highest BCUT2D eigenvalue weighted by atomic mass is 35.5. The first kappa shape index (κ1) is 19.0. The molecule has 3 heterocycles. The van der Waals surface area contributed by atoms with E-state index in [1.165, 1.54) is 12.8 Å². The first-order chi connectivity index (χ1) is 12.2. The van der Waals surface area contributed by atoms with Gasteiger partial charge in [0.05, 0.1) is 0 Å². The molecule has 0 aromatic carbocycles. The Morgan fingerprint density at radius 3 is 2.42 bits per heavy atom. The van der Waals surface area contributed by atoms with Gasteiger partial charge in [0.25, 0.3) is 0 Å². The van der Waals surface area contributed by atoms with E-state index in [1.807, 2.05) is 26.8 Å². The standard InChI is InChI=1S/C18H28ClN5O2/c1-13-12-23(17(25)26-18(2,3)4)9-10-24(13)15-11-14(20-16(19)21-15)22-7-5-6-8-22/h11,13H,5-10,12H2,1-4H3/t13-/m0/s1. The minimum atomic E-state index is -0.484. The Bertz CT molecular complexity index is 657. The van der Waals surface area contributed by atoms with Gasteiger partial charge in [0, 0.05) is 44.8 Å². The smallest absolute Gasteiger partial charge is 0.410 e. The van der Waals surface area contributed by atoms with Gasteiger partial charge in [-0.3, -0.25) is 0 Å². The molecule has 3 rings (SSSR count). The van der Waals surface area contributed by atoms with Crippen molar-refractivity contribution in [2.75, 3.05) is 42.5 Å². The van der Waals surface area contributed by atoms with E-state index in [2.05, 4.69) is 26.7 Å². The summed E-state index contributed by atoms with van der Waals surface area (Å²) >= 11 is 6.19. The van der Waals surface area contributed by atoms with Crippen LogP contribution in [0, 0.1) is 0 Å². The summed E-state index contributed by atoms with van der Waals surface area (Å²) in [6.07, 6.45) is 2.10. The molecule has 0 spiro atoms. The minimum Gasteiger partial charge on any atom is -0.444 e. The molecule has 0 bridgehead atoms. The van der Waals surface area contributed by atoms with E-state index in [9.17, 15) is 4.79 Å². The molecule has 1 atom stereocenters. The lowest BCUT2D eigenvalue weighted by molar-refractivity contribution is 0.0218. The van der Waals surface area contributed by atoms with Crippen LogP contribution in [0.3, 0.4) is 0 Å². The fraction of sp³-hybridized carbons (Fsp3) is 0.722. The highest BCUT2D eigenvalue weighted by Gasteiger charge is 2.31. The molecular formula is C18H28ClN5O2. The Labute approximate surface area is 160 Å². The van der Waals surface area contributed by atoms with Crippen LogP contribution in [-0.4, -0.2) is 65.3 Å². The Balaban J connectivity index is 1.70. The Morgan fingerprint density at radius 2 is 1.81 bits per heavy atom. The topological polar surface area (TPSA) is 61.8 Å². The van der Waals surface area contributed by atoms with Crippen LogP contribution in [0.5, 0.6) is 0 Å². The van der Waals surface area contributed by atoms with Crippen molar-refractivity contribution in [1.29, 1.82) is 0 Å². The van der Waals surface area contributed by atoms with Gasteiger partial charge in [-0.1, -0.05) is 0 Å². The molecule has 2 saturated heterocycles. The number of carbonyl (C=O) groups excluding carboxylic acids is 1. The molecule has 2 aliphatic heterocycles. The lowest BCUT2D eigenvalue weighted by atomic mass is 10.2. The molecule has 0 aliphatic carbocycles. The van der Waals surface area contributed by atoms with Crippen LogP contribution in [0.2, 0.25) is 5.28 Å². The number of nitrogens with zero attached hydrogens (tertiary/aromatic N) is 5. The number of anilines is 2. The van der Waals surface area contributed by atoms with Crippen molar-refractivity contribution in [3.8, 4) is 0 Å². The summed E-state index contributed by atoms with van der Waals surface area (Å²) < 4.78 is 5.49. The van der Waals surface area contributed by atoms with Crippen molar-refractivity contribution >= 4 is 29.3 Å². The quantitative estimate of drug-likeness (QED) is 0.733. The number of aromatic nitrogens is 2. The van der Waals surface area contributed by atoms with Gasteiger partial charge in [-0.15, -0.1) is 0 Å². The largest absolute Gasteiger partial charge is 0.444 e. The van der Waals surface area contributed by atoms with Crippen LogP contribution in [0.15, 0.2) is 6.07 Å². The number of hydrogen-bond acceptors (Lipinski definition) is 6. The van der Waals surface area contributed by atoms with Crippen molar-refractivity contribution in [1.82, 2.24) is 14.9 Å². The Kier molecular flexibility index (Phi) is 5.46. The number of piperazine rings is 1. The van der Waals surface area contributed by atoms with E-state index in [4.69, 9.17) is 16.3 Å². The molecule has 0 radical (unpaired) electrons. The zero-order valence-corrected chi connectivity index (χ0v) is 16.8. The van der Waals surface area contributed by atoms with Crippen molar-refractivity contribution < 1.29 is 9.53 Å². The molecule has 0 unspecified atom stereocenters. The molecule has 0 N–H and O–H groups in total. The SMILES string of the molecule is C[C@H]1CN(C(=O)OC(C)(C)C)CCN1c1cc(N2CCCC2)nc(Cl)n1. The van der Waals surface area contributed by atoms with Gasteiger partial charge in [-0.2, -0.15) is 0 Å². The van der Waals surface area contributed by atoms with Gasteiger partial charge in [-0.05, 0) is 52.1 Å². The maximum atomic E-state index is 12.3. The number of hydrogen-bond donors (Lipinski definition) is 0. The zero-order valence-electron chi connectivity index (χ0n) is 16.0. The van der Waals surface area contributed by atoms with Crippen LogP contribution >= 0.6 is 11.6 Å². The summed E-state index contributed by atoms with van der Waals surface area (Å²) in [4.78, 5) is 27.3. The van der Waals surface area contributed by atoms with E-state index in [0.29, 0.717) is 19.6 Å². The molecule has 144 valence electrons. The molecule has 1 aromatic rings. The zero-order chi connectivity index (χ0) is 18.9. The molecular weight excluding hydrogens is 354 g/mol. The Morgan fingerprint density at radius 1 is 1.15 bits per heavy atom. The van der Waals surface area contributed by atoms with Crippen LogP contribution in [0.4, 0.5) is 16.4 Å². The van der Waals surface area contributed by atoms with E-state index in [0.717, 1.165) is 24.7 Å². The lowest BCUT2D eigenvalue weighted by Gasteiger charge is -2.41. The van der Waals surface area contributed by atoms with Crippen molar-refractivity contribution in [3.63, 3.8) is 0 Å². The maximum absolute atomic E-state index is 12.3. The second-order valence-electron chi connectivity index (χ2n) is 8.02. The number of halogens is 1. The third-order valence-electron chi connectivity index (χ3n) is 4.68. The molecule has 0 saturated carbocycles. The second-order valence-corrected chi connectivity index (χ2v) is 8.35. The average molecular weight is 382 g/mol. The van der Waals surface area contributed by atoms with E-state index in [-0.39, 0.29) is 17.4 Å². The maximum Gasteiger partial charge on any atom is 0.410 e. The number of ether oxygens (including phenoxy) is 1. The van der Waals surface area contributed by atoms with Gasteiger partial charge in [-0.25, -0.2) is 14.8 Å². The normalized spacial score (nSPS) is 21.3. The van der Waals surface area contributed by atoms with Crippen molar-refractivity contribution in [2.45, 2.75) is 52.2 Å². The van der Waals surface area contributed by atoms with Gasteiger partial charge in [0.1, 0.15) is 17.2 Å². The highest BCUT2D eigenvalue weighted by Crippen LogP contribution is 2.27. The van der Waals surface area contributed by atoms with E-state index >= 15 is 0 Å². The molecule has 26 heavy (non-hydrogen) atoms. The predicted octanol–water partition coefficient (Wildman–Crippen LogP) is 3.18. The first-order valence-corrected chi connectivity index (χ1v) is 9.65. The van der Waals surface area contributed by atoms with Crippen molar-refractivity contribution in [2.24, 2.45) is 0 Å². The molecule has 2 aliphatic rings. The Hall–Kier alpha value is -1.76. The van der Waals surface area contributed by atoms with Crippen LogP contribution in [0.1, 0.15) is 40.5 Å². The monoisotopic (exact) mass is 381 g/mol. The summed E-state index contributed by atoms with van der Waals surface area (Å²) in [5.74, 6) is 1.71. The summed E-state index contributed by atoms with van der Waals surface area (Å²) in [6, 6.07) is 2.13. The summed E-state index contributed by atoms with van der Waals surface area (Å²) in [5, 5.41) is 0.270. The van der Waals surface area contributed by atoms with Crippen LogP contribution < -0.4 is 9.80 Å². The van der Waals surface area contributed by atoms with Gasteiger partial charge in [0.2, 0.25) is 5.28 Å².